The van der Waals surface area contributed by atoms with Crippen LogP contribution in [0.5, 0.6) is 10.9 Å². The third-order valence-electron chi connectivity index (χ3n) is 2.76. The van der Waals surface area contributed by atoms with E-state index in [-0.39, 0.29) is 0 Å². The molecule has 0 aliphatic heterocycles. The summed E-state index contributed by atoms with van der Waals surface area (Å²) in [6.45, 7) is 0. The van der Waals surface area contributed by atoms with Gasteiger partial charge in [0.1, 0.15) is 5.75 Å². The summed E-state index contributed by atoms with van der Waals surface area (Å²) in [5.41, 5.74) is 2.55. The first-order valence-electron chi connectivity index (χ1n) is 6.09. The van der Waals surface area contributed by atoms with Crippen molar-refractivity contribution >= 4 is 27.3 Å². The smallest absolute Gasteiger partial charge is 0.300 e. The molecule has 5 heteroatoms. The number of rotatable bonds is 4. The van der Waals surface area contributed by atoms with Gasteiger partial charge in [0, 0.05) is 0 Å². The van der Waals surface area contributed by atoms with Gasteiger partial charge in [-0.2, -0.15) is 0 Å². The Labute approximate surface area is 129 Å². The molecule has 0 saturated heterocycles. The summed E-state index contributed by atoms with van der Waals surface area (Å²) in [5, 5.41) is 8.28. The van der Waals surface area contributed by atoms with Crippen molar-refractivity contribution in [2.24, 2.45) is 0 Å². The lowest BCUT2D eigenvalue weighted by molar-refractivity contribution is 0.473. The van der Waals surface area contributed by atoms with Crippen LogP contribution < -0.4 is 4.74 Å². The van der Waals surface area contributed by atoms with Crippen LogP contribution in [0.3, 0.4) is 0 Å². The van der Waals surface area contributed by atoms with Crippen molar-refractivity contribution < 1.29 is 4.74 Å². The summed E-state index contributed by atoms with van der Waals surface area (Å²) in [6.07, 6.45) is 0.922. The fourth-order valence-electron chi connectivity index (χ4n) is 1.84. The van der Waals surface area contributed by atoms with Crippen molar-refractivity contribution in [3.8, 4) is 10.9 Å². The van der Waals surface area contributed by atoms with Crippen LogP contribution >= 0.6 is 27.3 Å². The molecule has 100 valence electrons. The molecule has 20 heavy (non-hydrogen) atoms. The number of hydrogen-bond acceptors (Lipinski definition) is 4. The Morgan fingerprint density at radius 1 is 0.900 bits per heavy atom. The predicted molar refractivity (Wildman–Crippen MR) is 83.4 cm³/mol. The zero-order valence-corrected chi connectivity index (χ0v) is 12.9. The van der Waals surface area contributed by atoms with Crippen molar-refractivity contribution in [2.75, 3.05) is 0 Å². The topological polar surface area (TPSA) is 35.0 Å². The summed E-state index contributed by atoms with van der Waals surface area (Å²) in [7, 11) is 0. The Morgan fingerprint density at radius 2 is 1.60 bits per heavy atom. The lowest BCUT2D eigenvalue weighted by Gasteiger charge is -2.04. The van der Waals surface area contributed by atoms with E-state index in [1.54, 1.807) is 0 Å². The minimum atomic E-state index is 0.535. The second-order valence-corrected chi connectivity index (χ2v) is 6.45. The summed E-state index contributed by atoms with van der Waals surface area (Å²) < 4.78 is 6.34. The van der Waals surface area contributed by atoms with Crippen molar-refractivity contribution in [1.29, 1.82) is 0 Å². The zero-order valence-electron chi connectivity index (χ0n) is 10.5. The van der Waals surface area contributed by atoms with Gasteiger partial charge < -0.3 is 4.74 Å². The minimum Gasteiger partial charge on any atom is -0.430 e. The summed E-state index contributed by atoms with van der Waals surface area (Å²) in [5.74, 6) is 0.769. The van der Waals surface area contributed by atoms with Gasteiger partial charge in [-0.1, -0.05) is 47.6 Å². The number of ether oxygens (including phenoxy) is 1. The van der Waals surface area contributed by atoms with Gasteiger partial charge in [0.2, 0.25) is 0 Å². The molecule has 0 amide bonds. The predicted octanol–water partition coefficient (Wildman–Crippen LogP) is 4.68. The Morgan fingerprint density at radius 3 is 2.25 bits per heavy atom. The number of nitrogens with zero attached hydrogens (tertiary/aromatic N) is 2. The molecule has 0 bridgehead atoms. The average molecular weight is 347 g/mol. The fraction of sp³-hybridized carbons (Fsp3) is 0.0667. The largest absolute Gasteiger partial charge is 0.430 e. The van der Waals surface area contributed by atoms with Gasteiger partial charge >= 0.3 is 0 Å². The molecule has 0 fully saturated rings. The van der Waals surface area contributed by atoms with E-state index >= 15 is 0 Å². The monoisotopic (exact) mass is 346 g/mol. The molecule has 0 saturated carbocycles. The first kappa shape index (κ1) is 13.3. The van der Waals surface area contributed by atoms with E-state index in [9.17, 15) is 0 Å². The first-order valence-corrected chi connectivity index (χ1v) is 7.70. The van der Waals surface area contributed by atoms with Gasteiger partial charge in [0.25, 0.3) is 5.19 Å². The van der Waals surface area contributed by atoms with Crippen LogP contribution in [0.25, 0.3) is 0 Å². The third-order valence-corrected chi connectivity index (χ3v) is 4.00. The SMILES string of the molecule is Brc1nnc(Oc2ccc(Cc3ccccc3)cc2)s1. The van der Waals surface area contributed by atoms with E-state index < -0.39 is 0 Å². The van der Waals surface area contributed by atoms with Crippen molar-refractivity contribution in [3.63, 3.8) is 0 Å². The molecule has 0 N–H and O–H groups in total. The quantitative estimate of drug-likeness (QED) is 0.687. The molecule has 0 spiro atoms. The lowest BCUT2D eigenvalue weighted by atomic mass is 10.1. The second kappa shape index (κ2) is 6.15. The molecule has 0 aliphatic rings. The lowest BCUT2D eigenvalue weighted by Crippen LogP contribution is -1.88. The van der Waals surface area contributed by atoms with E-state index in [1.807, 2.05) is 18.2 Å². The molecule has 0 unspecified atom stereocenters. The minimum absolute atomic E-state index is 0.535. The summed E-state index contributed by atoms with van der Waals surface area (Å²) >= 11 is 4.62. The van der Waals surface area contributed by atoms with Crippen molar-refractivity contribution in [3.05, 3.63) is 69.6 Å². The zero-order chi connectivity index (χ0) is 13.8. The van der Waals surface area contributed by atoms with E-state index in [4.69, 9.17) is 4.74 Å². The molecule has 0 atom stereocenters. The normalized spacial score (nSPS) is 10.4. The molecule has 3 rings (SSSR count). The highest BCUT2D eigenvalue weighted by atomic mass is 79.9. The molecule has 3 aromatic rings. The fourth-order valence-corrected chi connectivity index (χ4v) is 2.78. The number of benzene rings is 2. The summed E-state index contributed by atoms with van der Waals surface area (Å²) in [6, 6.07) is 18.4. The third kappa shape index (κ3) is 3.43. The van der Waals surface area contributed by atoms with Gasteiger partial charge in [-0.3, -0.25) is 0 Å². The molecule has 1 heterocycles. The Kier molecular flexibility index (Phi) is 4.08. The molecular weight excluding hydrogens is 336 g/mol. The second-order valence-electron chi connectivity index (χ2n) is 4.23. The van der Waals surface area contributed by atoms with Crippen LogP contribution in [0, 0.1) is 0 Å². The molecule has 0 radical (unpaired) electrons. The average Bonchev–Trinajstić information content (AvgIpc) is 2.88. The van der Waals surface area contributed by atoms with E-state index in [2.05, 4.69) is 62.5 Å². The highest BCUT2D eigenvalue weighted by Gasteiger charge is 2.04. The Hall–Kier alpha value is -1.72. The molecule has 2 aromatic carbocycles. The molecule has 3 nitrogen and oxygen atoms in total. The Bertz CT molecular complexity index is 683. The van der Waals surface area contributed by atoms with Gasteiger partial charge in [-0.15, -0.1) is 5.10 Å². The van der Waals surface area contributed by atoms with Crippen LogP contribution in [-0.4, -0.2) is 10.2 Å². The number of hydrogen-bond donors (Lipinski definition) is 0. The van der Waals surface area contributed by atoms with Crippen LogP contribution in [0.15, 0.2) is 58.5 Å². The highest BCUT2D eigenvalue weighted by Crippen LogP contribution is 2.27. The van der Waals surface area contributed by atoms with Gasteiger partial charge in [-0.05, 0) is 56.9 Å². The van der Waals surface area contributed by atoms with E-state index in [0.717, 1.165) is 12.2 Å². The first-order chi connectivity index (χ1) is 9.79. The number of aromatic nitrogens is 2. The number of halogens is 1. The van der Waals surface area contributed by atoms with Crippen LogP contribution in [0.1, 0.15) is 11.1 Å². The van der Waals surface area contributed by atoms with Crippen LogP contribution in [0.4, 0.5) is 0 Å². The maximum atomic E-state index is 5.62. The van der Waals surface area contributed by atoms with Crippen LogP contribution in [0.2, 0.25) is 0 Å². The molecular formula is C15H11BrN2OS. The highest BCUT2D eigenvalue weighted by molar-refractivity contribution is 9.11. The van der Waals surface area contributed by atoms with Gasteiger partial charge in [0.15, 0.2) is 3.92 Å². The van der Waals surface area contributed by atoms with Gasteiger partial charge in [-0.25, -0.2) is 0 Å². The van der Waals surface area contributed by atoms with Crippen molar-refractivity contribution in [2.45, 2.75) is 6.42 Å². The summed E-state index contributed by atoms with van der Waals surface area (Å²) in [4.78, 5) is 0. The molecule has 0 aliphatic carbocycles. The van der Waals surface area contributed by atoms with E-state index in [1.165, 1.54) is 22.5 Å². The van der Waals surface area contributed by atoms with E-state index in [0.29, 0.717) is 9.11 Å². The molecule has 1 aromatic heterocycles. The van der Waals surface area contributed by atoms with Gasteiger partial charge in [0.05, 0.1) is 0 Å². The standard InChI is InChI=1S/C15H11BrN2OS/c16-14-17-18-15(20-14)19-13-8-6-12(7-9-13)10-11-4-2-1-3-5-11/h1-9H,10H2. The maximum Gasteiger partial charge on any atom is 0.300 e. The van der Waals surface area contributed by atoms with Crippen molar-refractivity contribution in [1.82, 2.24) is 10.2 Å². The Balaban J connectivity index is 1.68. The maximum absolute atomic E-state index is 5.62. The van der Waals surface area contributed by atoms with Crippen LogP contribution in [-0.2, 0) is 6.42 Å².